The first-order valence-corrected chi connectivity index (χ1v) is 8.00. The molecule has 0 unspecified atom stereocenters. The summed E-state index contributed by atoms with van der Waals surface area (Å²) >= 11 is 1.33. The zero-order chi connectivity index (χ0) is 16.4. The summed E-state index contributed by atoms with van der Waals surface area (Å²) in [5.74, 6) is 1.33. The van der Waals surface area contributed by atoms with E-state index in [1.54, 1.807) is 12.1 Å². The molecule has 1 amide bonds. The molecule has 0 saturated heterocycles. The third-order valence-electron chi connectivity index (χ3n) is 3.37. The number of furan rings is 1. The van der Waals surface area contributed by atoms with Crippen LogP contribution < -0.4 is 10.4 Å². The molecular weight excluding hydrogens is 310 g/mol. The molecule has 3 rings (SSSR count). The molecule has 3 aromatic rings. The predicted octanol–water partition coefficient (Wildman–Crippen LogP) is 3.80. The van der Waals surface area contributed by atoms with Crippen molar-refractivity contribution in [3.05, 3.63) is 58.8 Å². The molecule has 0 aliphatic heterocycles. The summed E-state index contributed by atoms with van der Waals surface area (Å²) in [4.78, 5) is 17.5. The summed E-state index contributed by atoms with van der Waals surface area (Å²) in [5, 5.41) is 2.40. The van der Waals surface area contributed by atoms with Gasteiger partial charge in [0.05, 0.1) is 11.4 Å². The number of nitrogens with one attached hydrogen (secondary N) is 1. The van der Waals surface area contributed by atoms with E-state index in [0.717, 1.165) is 11.4 Å². The SMILES string of the molecule is Cc1ccc(-c2nc(C)c(C(=O)NN(C)c3ccccc3)s2)o1. The van der Waals surface area contributed by atoms with Crippen molar-refractivity contribution in [2.45, 2.75) is 13.8 Å². The van der Waals surface area contributed by atoms with E-state index in [4.69, 9.17) is 4.42 Å². The highest BCUT2D eigenvalue weighted by Crippen LogP contribution is 2.29. The fraction of sp³-hybridized carbons (Fsp3) is 0.176. The average molecular weight is 327 g/mol. The highest BCUT2D eigenvalue weighted by Gasteiger charge is 2.18. The highest BCUT2D eigenvalue weighted by atomic mass is 32.1. The lowest BCUT2D eigenvalue weighted by atomic mass is 10.3. The second kappa shape index (κ2) is 6.26. The number of hydrogen-bond acceptors (Lipinski definition) is 5. The van der Waals surface area contributed by atoms with Crippen LogP contribution in [-0.2, 0) is 0 Å². The second-order valence-corrected chi connectivity index (χ2v) is 6.18. The highest BCUT2D eigenvalue weighted by molar-refractivity contribution is 7.17. The van der Waals surface area contributed by atoms with Gasteiger partial charge >= 0.3 is 0 Å². The molecule has 1 aromatic carbocycles. The van der Waals surface area contributed by atoms with Gasteiger partial charge in [0.15, 0.2) is 10.8 Å². The first-order chi connectivity index (χ1) is 11.0. The maximum absolute atomic E-state index is 12.5. The number of benzene rings is 1. The fourth-order valence-electron chi connectivity index (χ4n) is 2.18. The average Bonchev–Trinajstić information content (AvgIpc) is 3.14. The van der Waals surface area contributed by atoms with Crippen molar-refractivity contribution in [2.75, 3.05) is 12.1 Å². The van der Waals surface area contributed by atoms with Crippen molar-refractivity contribution in [3.8, 4) is 10.8 Å². The number of hydrazine groups is 1. The molecular formula is C17H17N3O2S. The zero-order valence-electron chi connectivity index (χ0n) is 13.2. The van der Waals surface area contributed by atoms with E-state index in [1.807, 2.05) is 56.3 Å². The summed E-state index contributed by atoms with van der Waals surface area (Å²) in [5.41, 5.74) is 4.46. The monoisotopic (exact) mass is 327 g/mol. The van der Waals surface area contributed by atoms with E-state index in [9.17, 15) is 4.79 Å². The Hall–Kier alpha value is -2.60. The minimum Gasteiger partial charge on any atom is -0.459 e. The zero-order valence-corrected chi connectivity index (χ0v) is 14.0. The molecule has 2 heterocycles. The molecule has 1 N–H and O–H groups in total. The van der Waals surface area contributed by atoms with Crippen molar-refractivity contribution in [2.24, 2.45) is 0 Å². The summed E-state index contributed by atoms with van der Waals surface area (Å²) in [6, 6.07) is 13.4. The Kier molecular flexibility index (Phi) is 4.16. The molecule has 0 spiro atoms. The van der Waals surface area contributed by atoms with Crippen LogP contribution in [0.15, 0.2) is 46.9 Å². The van der Waals surface area contributed by atoms with Gasteiger partial charge in [0.25, 0.3) is 5.91 Å². The summed E-state index contributed by atoms with van der Waals surface area (Å²) in [6.45, 7) is 3.71. The number of rotatable bonds is 4. The van der Waals surface area contributed by atoms with E-state index in [1.165, 1.54) is 11.3 Å². The van der Waals surface area contributed by atoms with Gasteiger partial charge in [0.2, 0.25) is 0 Å². The van der Waals surface area contributed by atoms with Crippen LogP contribution in [0.5, 0.6) is 0 Å². The first kappa shape index (κ1) is 15.3. The van der Waals surface area contributed by atoms with Crippen molar-refractivity contribution in [1.29, 1.82) is 0 Å². The van der Waals surface area contributed by atoms with E-state index in [2.05, 4.69) is 10.4 Å². The van der Waals surface area contributed by atoms with Crippen LogP contribution in [0.3, 0.4) is 0 Å². The Balaban J connectivity index is 1.79. The van der Waals surface area contributed by atoms with Gasteiger partial charge in [-0.25, -0.2) is 4.98 Å². The number of carbonyl (C=O) groups is 1. The molecule has 0 radical (unpaired) electrons. The minimum atomic E-state index is -0.180. The van der Waals surface area contributed by atoms with Crippen LogP contribution in [-0.4, -0.2) is 17.9 Å². The van der Waals surface area contributed by atoms with Gasteiger partial charge in [0.1, 0.15) is 10.6 Å². The molecule has 0 bridgehead atoms. The van der Waals surface area contributed by atoms with Gasteiger partial charge in [0, 0.05) is 7.05 Å². The Morgan fingerprint density at radius 3 is 2.57 bits per heavy atom. The summed E-state index contributed by atoms with van der Waals surface area (Å²) < 4.78 is 5.57. The van der Waals surface area contributed by atoms with Crippen molar-refractivity contribution in [3.63, 3.8) is 0 Å². The molecule has 6 heteroatoms. The third-order valence-corrected chi connectivity index (χ3v) is 4.54. The van der Waals surface area contributed by atoms with Gasteiger partial charge in [-0.15, -0.1) is 11.3 Å². The van der Waals surface area contributed by atoms with Crippen LogP contribution in [0.1, 0.15) is 21.1 Å². The molecule has 0 fully saturated rings. The van der Waals surface area contributed by atoms with Crippen molar-refractivity contribution < 1.29 is 9.21 Å². The molecule has 2 aromatic heterocycles. The Bertz CT molecular complexity index is 823. The molecule has 0 saturated carbocycles. The predicted molar refractivity (Wildman–Crippen MR) is 91.6 cm³/mol. The number of para-hydroxylation sites is 1. The van der Waals surface area contributed by atoms with Crippen LogP contribution in [0.2, 0.25) is 0 Å². The lowest BCUT2D eigenvalue weighted by molar-refractivity contribution is 0.0954. The van der Waals surface area contributed by atoms with Crippen LogP contribution >= 0.6 is 11.3 Å². The van der Waals surface area contributed by atoms with Crippen LogP contribution in [0, 0.1) is 13.8 Å². The molecule has 0 aliphatic carbocycles. The quantitative estimate of drug-likeness (QED) is 0.741. The maximum Gasteiger partial charge on any atom is 0.281 e. The van der Waals surface area contributed by atoms with E-state index < -0.39 is 0 Å². The molecule has 0 aliphatic rings. The van der Waals surface area contributed by atoms with Crippen molar-refractivity contribution in [1.82, 2.24) is 10.4 Å². The number of carbonyl (C=O) groups excluding carboxylic acids is 1. The topological polar surface area (TPSA) is 58.4 Å². The number of nitrogens with zero attached hydrogens (tertiary/aromatic N) is 2. The smallest absolute Gasteiger partial charge is 0.281 e. The van der Waals surface area contributed by atoms with Crippen LogP contribution in [0.4, 0.5) is 5.69 Å². The summed E-state index contributed by atoms with van der Waals surface area (Å²) in [6.07, 6.45) is 0. The Morgan fingerprint density at radius 2 is 1.91 bits per heavy atom. The standard InChI is InChI=1S/C17H17N3O2S/c1-11-9-10-14(22-11)17-18-12(2)15(23-17)16(21)19-20(3)13-7-5-4-6-8-13/h4-10H,1-3H3,(H,19,21). The lowest BCUT2D eigenvalue weighted by Crippen LogP contribution is -2.39. The molecule has 5 nitrogen and oxygen atoms in total. The van der Waals surface area contributed by atoms with Gasteiger partial charge in [-0.3, -0.25) is 15.2 Å². The number of amides is 1. The number of hydrogen-bond donors (Lipinski definition) is 1. The first-order valence-electron chi connectivity index (χ1n) is 7.18. The number of thiazole rings is 1. The largest absolute Gasteiger partial charge is 0.459 e. The number of aromatic nitrogens is 1. The molecule has 23 heavy (non-hydrogen) atoms. The van der Waals surface area contributed by atoms with E-state index >= 15 is 0 Å². The van der Waals surface area contributed by atoms with Gasteiger partial charge in [-0.2, -0.15) is 0 Å². The maximum atomic E-state index is 12.5. The Morgan fingerprint density at radius 1 is 1.17 bits per heavy atom. The van der Waals surface area contributed by atoms with E-state index in [0.29, 0.717) is 21.3 Å². The fourth-order valence-corrected chi connectivity index (χ4v) is 3.10. The van der Waals surface area contributed by atoms with Crippen LogP contribution in [0.25, 0.3) is 10.8 Å². The molecule has 0 atom stereocenters. The molecule has 118 valence electrons. The van der Waals surface area contributed by atoms with Gasteiger partial charge < -0.3 is 4.42 Å². The number of aryl methyl sites for hydroxylation is 2. The van der Waals surface area contributed by atoms with Gasteiger partial charge in [-0.05, 0) is 38.1 Å². The minimum absolute atomic E-state index is 0.180. The van der Waals surface area contributed by atoms with Crippen molar-refractivity contribution >= 4 is 22.9 Å². The third kappa shape index (κ3) is 3.27. The normalized spacial score (nSPS) is 10.6. The summed E-state index contributed by atoms with van der Waals surface area (Å²) in [7, 11) is 1.81. The Labute approximate surface area is 138 Å². The second-order valence-electron chi connectivity index (χ2n) is 5.18. The van der Waals surface area contributed by atoms with E-state index in [-0.39, 0.29) is 5.91 Å². The number of anilines is 1. The lowest BCUT2D eigenvalue weighted by Gasteiger charge is -2.19. The van der Waals surface area contributed by atoms with Gasteiger partial charge in [-0.1, -0.05) is 18.2 Å².